The predicted molar refractivity (Wildman–Crippen MR) is 136 cm³/mol. The third-order valence-electron chi connectivity index (χ3n) is 7.19. The summed E-state index contributed by atoms with van der Waals surface area (Å²) < 4.78 is 4.16. The molecular formula is C27H42N5O+. The lowest BCUT2D eigenvalue weighted by Gasteiger charge is -2.40. The molecule has 0 amide bonds. The third-order valence-corrected chi connectivity index (χ3v) is 7.19. The molecule has 0 saturated heterocycles. The molecular weight excluding hydrogens is 410 g/mol. The summed E-state index contributed by atoms with van der Waals surface area (Å²) in [5.74, 6) is 1.34. The first-order chi connectivity index (χ1) is 15.7. The van der Waals surface area contributed by atoms with Crippen LogP contribution in [0.15, 0.2) is 48.1 Å². The number of imidazole rings is 1. The van der Waals surface area contributed by atoms with Crippen molar-refractivity contribution < 1.29 is 9.40 Å². The van der Waals surface area contributed by atoms with E-state index in [1.165, 1.54) is 48.8 Å². The largest absolute Gasteiger partial charge is 0.307 e. The lowest BCUT2D eigenvalue weighted by molar-refractivity contribution is -0.647. The molecule has 33 heavy (non-hydrogen) atoms. The molecule has 6 heteroatoms. The normalized spacial score (nSPS) is 19.3. The van der Waals surface area contributed by atoms with Crippen LogP contribution in [0.2, 0.25) is 0 Å². The number of hydrogen-bond acceptors (Lipinski definition) is 4. The fraction of sp³-hybridized carbons (Fsp3) is 0.593. The number of hydrogen-bond donors (Lipinski definition) is 1. The quantitative estimate of drug-likeness (QED) is 0.270. The summed E-state index contributed by atoms with van der Waals surface area (Å²) in [5.41, 5.74) is 9.45. The maximum atomic E-state index is 5.09. The number of nitrogens with one attached hydrogen (secondary N) is 1. The van der Waals surface area contributed by atoms with Gasteiger partial charge in [-0.25, -0.2) is 10.0 Å². The summed E-state index contributed by atoms with van der Waals surface area (Å²) in [4.78, 5) is 13.8. The van der Waals surface area contributed by atoms with Gasteiger partial charge in [0.2, 0.25) is 5.52 Å². The molecule has 1 aliphatic rings. The fourth-order valence-corrected chi connectivity index (χ4v) is 5.17. The van der Waals surface area contributed by atoms with Gasteiger partial charge in [-0.1, -0.05) is 54.3 Å². The van der Waals surface area contributed by atoms with Crippen molar-refractivity contribution in [2.45, 2.75) is 79.2 Å². The van der Waals surface area contributed by atoms with Gasteiger partial charge in [0.05, 0.1) is 20.7 Å². The van der Waals surface area contributed by atoms with Crippen molar-refractivity contribution >= 4 is 17.0 Å². The van der Waals surface area contributed by atoms with Gasteiger partial charge in [-0.3, -0.25) is 9.40 Å². The van der Waals surface area contributed by atoms with Crippen molar-refractivity contribution in [2.75, 3.05) is 12.6 Å². The minimum Gasteiger partial charge on any atom is -0.278 e. The average molecular weight is 453 g/mol. The van der Waals surface area contributed by atoms with Gasteiger partial charge in [0.1, 0.15) is 0 Å². The Morgan fingerprint density at radius 2 is 2.03 bits per heavy atom. The molecule has 0 aliphatic heterocycles. The third kappa shape index (κ3) is 6.32. The van der Waals surface area contributed by atoms with E-state index in [4.69, 9.17) is 4.84 Å². The molecule has 6 nitrogen and oxygen atoms in total. The van der Waals surface area contributed by atoms with Crippen molar-refractivity contribution in [1.82, 2.24) is 14.5 Å². The molecule has 0 aromatic carbocycles. The SMILES string of the molecule is C=C1CCCC(C)(C)[C@H]1CC/C(C)=C/CC/C(C)=C/Cn1c[n+](C)c2ncnc(NOC)c21. The number of nitrogens with zero attached hydrogens (tertiary/aromatic N) is 4. The summed E-state index contributed by atoms with van der Waals surface area (Å²) >= 11 is 0. The second-order valence-electron chi connectivity index (χ2n) is 10.3. The van der Waals surface area contributed by atoms with Crippen molar-refractivity contribution in [3.05, 3.63) is 48.1 Å². The fourth-order valence-electron chi connectivity index (χ4n) is 5.17. The molecule has 2 aromatic heterocycles. The molecule has 2 aromatic rings. The highest BCUT2D eigenvalue weighted by Crippen LogP contribution is 2.45. The standard InChI is InChI=1S/C27H42N5O/c1-20(13-14-23-22(3)12-9-16-27(23,4)5)10-8-11-21(2)15-17-32-19-31(6)26-24(32)25(30-33-7)28-18-29-26/h10,15,18-19,23H,3,8-9,11-14,16-17H2,1-2,4-7H3,(H,28,29,30)/q+1/b20-10+,21-15+/t23-/m0/s1. The van der Waals surface area contributed by atoms with Crippen LogP contribution in [-0.2, 0) is 18.4 Å². The maximum Gasteiger partial charge on any atom is 0.307 e. The topological polar surface area (TPSA) is 55.9 Å². The molecule has 3 rings (SSSR count). The van der Waals surface area contributed by atoms with E-state index < -0.39 is 0 Å². The number of aromatic nitrogens is 4. The zero-order valence-corrected chi connectivity index (χ0v) is 21.4. The number of fused-ring (bicyclic) bond motifs is 1. The molecule has 1 aliphatic carbocycles. The van der Waals surface area contributed by atoms with E-state index in [1.54, 1.807) is 13.4 Å². The molecule has 2 heterocycles. The average Bonchev–Trinajstić information content (AvgIpc) is 3.08. The summed E-state index contributed by atoms with van der Waals surface area (Å²) in [5, 5.41) is 0. The van der Waals surface area contributed by atoms with E-state index >= 15 is 0 Å². The van der Waals surface area contributed by atoms with Gasteiger partial charge in [0.25, 0.3) is 0 Å². The zero-order valence-electron chi connectivity index (χ0n) is 21.4. The molecule has 1 saturated carbocycles. The molecule has 0 bridgehead atoms. The second kappa shape index (κ2) is 11.1. The Labute approximate surface area is 199 Å². The molecule has 1 atom stereocenters. The van der Waals surface area contributed by atoms with Crippen LogP contribution in [0.3, 0.4) is 0 Å². The Kier molecular flexibility index (Phi) is 8.46. The van der Waals surface area contributed by atoms with E-state index in [-0.39, 0.29) is 0 Å². The molecule has 0 radical (unpaired) electrons. The van der Waals surface area contributed by atoms with Crippen LogP contribution in [0, 0.1) is 11.3 Å². The number of anilines is 1. The minimum atomic E-state index is 0.401. The van der Waals surface area contributed by atoms with Crippen molar-refractivity contribution in [2.24, 2.45) is 18.4 Å². The maximum absolute atomic E-state index is 5.09. The minimum absolute atomic E-state index is 0.401. The first-order valence-corrected chi connectivity index (χ1v) is 12.2. The molecule has 180 valence electrons. The van der Waals surface area contributed by atoms with Gasteiger partial charge in [-0.15, -0.1) is 0 Å². The van der Waals surface area contributed by atoms with E-state index in [1.807, 2.05) is 11.6 Å². The van der Waals surface area contributed by atoms with E-state index in [0.29, 0.717) is 17.2 Å². The van der Waals surface area contributed by atoms with Crippen LogP contribution in [0.5, 0.6) is 0 Å². The van der Waals surface area contributed by atoms with Gasteiger partial charge in [-0.2, -0.15) is 4.98 Å². The highest BCUT2D eigenvalue weighted by Gasteiger charge is 2.33. The Balaban J connectivity index is 1.54. The van der Waals surface area contributed by atoms with E-state index in [9.17, 15) is 0 Å². The monoisotopic (exact) mass is 452 g/mol. The van der Waals surface area contributed by atoms with Crippen LogP contribution in [0.4, 0.5) is 5.82 Å². The predicted octanol–water partition coefficient (Wildman–Crippen LogP) is 6.06. The lowest BCUT2D eigenvalue weighted by Crippen LogP contribution is -2.29. The van der Waals surface area contributed by atoms with Gasteiger partial charge in [-0.05, 0) is 70.1 Å². The Bertz CT molecular complexity index is 1030. The summed E-state index contributed by atoms with van der Waals surface area (Å²) in [7, 11) is 3.59. The number of allylic oxidation sites excluding steroid dienone is 5. The molecule has 0 spiro atoms. The van der Waals surface area contributed by atoms with Crippen LogP contribution in [0.25, 0.3) is 11.2 Å². The Morgan fingerprint density at radius 1 is 1.27 bits per heavy atom. The Morgan fingerprint density at radius 3 is 2.76 bits per heavy atom. The number of rotatable bonds is 10. The van der Waals surface area contributed by atoms with E-state index in [2.05, 4.69) is 72.8 Å². The first kappa shape index (κ1) is 25.2. The van der Waals surface area contributed by atoms with Crippen LogP contribution >= 0.6 is 0 Å². The van der Waals surface area contributed by atoms with Crippen molar-refractivity contribution in [3.8, 4) is 0 Å². The van der Waals surface area contributed by atoms with Gasteiger partial charge in [0, 0.05) is 0 Å². The van der Waals surface area contributed by atoms with Gasteiger partial charge < -0.3 is 0 Å². The number of aryl methyl sites for hydroxylation is 1. The second-order valence-corrected chi connectivity index (χ2v) is 10.3. The summed E-state index contributed by atoms with van der Waals surface area (Å²) in [6.07, 6.45) is 16.7. The Hall–Kier alpha value is -2.47. The van der Waals surface area contributed by atoms with Crippen LogP contribution in [0.1, 0.15) is 72.6 Å². The highest BCUT2D eigenvalue weighted by molar-refractivity contribution is 5.80. The van der Waals surface area contributed by atoms with E-state index in [0.717, 1.165) is 30.6 Å². The van der Waals surface area contributed by atoms with Crippen LogP contribution in [-0.4, -0.2) is 21.6 Å². The molecule has 0 unspecified atom stereocenters. The van der Waals surface area contributed by atoms with Crippen molar-refractivity contribution in [3.63, 3.8) is 0 Å². The molecule has 1 N–H and O–H groups in total. The first-order valence-electron chi connectivity index (χ1n) is 12.2. The smallest absolute Gasteiger partial charge is 0.278 e. The van der Waals surface area contributed by atoms with Crippen LogP contribution < -0.4 is 10.0 Å². The highest BCUT2D eigenvalue weighted by atomic mass is 16.6. The zero-order chi connectivity index (χ0) is 24.0. The van der Waals surface area contributed by atoms with Crippen molar-refractivity contribution in [1.29, 1.82) is 0 Å². The summed E-state index contributed by atoms with van der Waals surface area (Å²) in [6, 6.07) is 0. The van der Waals surface area contributed by atoms with Gasteiger partial charge >= 0.3 is 5.65 Å². The lowest BCUT2D eigenvalue weighted by atomic mass is 9.65. The summed E-state index contributed by atoms with van der Waals surface area (Å²) in [6.45, 7) is 14.5. The molecule has 1 fully saturated rings. The van der Waals surface area contributed by atoms with Gasteiger partial charge in [0.15, 0.2) is 18.5 Å².